The fraction of sp³-hybridized carbons (Fsp3) is 1.00. The molecule has 19 N–H and O–H groups in total. The molecule has 0 bridgehead atoms. The number of hydrogen-bond donors (Lipinski definition) is 13. The van der Waals surface area contributed by atoms with Crippen LogP contribution in [0.15, 0.2) is 0 Å². The van der Waals surface area contributed by atoms with E-state index in [1.54, 1.807) is 0 Å². The molecule has 2 aliphatic carbocycles. The van der Waals surface area contributed by atoms with E-state index < -0.39 is 136 Å². The number of rotatable bonds is 11. The minimum atomic E-state index is -1.47. The molecule has 2 saturated heterocycles. The van der Waals surface area contributed by atoms with Gasteiger partial charge in [0.05, 0.1) is 31.4 Å². The minimum absolute atomic E-state index is 0.130. The second-order valence-corrected chi connectivity index (χ2v) is 12.1. The van der Waals surface area contributed by atoms with E-state index >= 15 is 0 Å². The first-order valence-electron chi connectivity index (χ1n) is 14.9. The lowest BCUT2D eigenvalue weighted by atomic mass is 9.84. The molecule has 19 atom stereocenters. The smallest absolute Gasteiger partial charge is 0.176 e. The fourth-order valence-electron chi connectivity index (χ4n) is 6.31. The summed E-state index contributed by atoms with van der Waals surface area (Å²) in [5, 5.41) is 72.6. The first-order valence-corrected chi connectivity index (χ1v) is 14.9. The van der Waals surface area contributed by atoms with Crippen LogP contribution in [0, 0.1) is 0 Å². The molecule has 20 heteroatoms. The van der Waals surface area contributed by atoms with E-state index in [4.69, 9.17) is 67.8 Å². The van der Waals surface area contributed by atoms with Crippen LogP contribution in [-0.2, 0) is 33.3 Å². The van der Waals surface area contributed by atoms with Crippen LogP contribution >= 0.6 is 0 Å². The Bertz CT molecular complexity index is 874. The van der Waals surface area contributed by atoms with Crippen molar-refractivity contribution in [2.24, 2.45) is 34.6 Å². The van der Waals surface area contributed by atoms with Gasteiger partial charge < -0.3 is 92.8 Å². The Morgan fingerprint density at radius 1 is 0.578 bits per heavy atom. The highest BCUT2D eigenvalue weighted by Crippen LogP contribution is 2.31. The van der Waals surface area contributed by atoms with Crippen molar-refractivity contribution in [1.82, 2.24) is 0 Å². The Balaban J connectivity index is 1.41. The monoisotopic (exact) mass is 658 g/mol. The maximum absolute atomic E-state index is 10.8. The third-order valence-corrected chi connectivity index (χ3v) is 9.09. The van der Waals surface area contributed by atoms with Crippen molar-refractivity contribution in [1.29, 1.82) is 0 Å². The standard InChI is InChI=1S/C25H50N6O14/c26-7-1-2-10(45-31)16(35)20(7)43-24-13(29)22(17(36)11(4-32)41-24)39-6-40-23-14(30)25(42-12(5-33)18(23)37)44-21-9(28)3-8(27)15(34)19(21)38/h7-25,32-38H,1-6,26-31H2/t7?,8-,9?,10?,11?,12?,13?,14?,15?,16?,17+,18-,19?,20+,21-,22?,23?,24+,25-/m0/s1. The highest BCUT2D eigenvalue weighted by atomic mass is 16.7. The van der Waals surface area contributed by atoms with E-state index in [0.29, 0.717) is 12.8 Å². The third-order valence-electron chi connectivity index (χ3n) is 9.09. The summed E-state index contributed by atoms with van der Waals surface area (Å²) in [6, 6.07) is -4.61. The molecule has 12 unspecified atom stereocenters. The molecule has 2 heterocycles. The van der Waals surface area contributed by atoms with Gasteiger partial charge in [-0.2, -0.15) is 0 Å². The van der Waals surface area contributed by atoms with Gasteiger partial charge in [0.2, 0.25) is 0 Å². The van der Waals surface area contributed by atoms with Gasteiger partial charge in [0, 0.05) is 18.1 Å². The molecule has 0 aromatic heterocycles. The minimum Gasteiger partial charge on any atom is -0.394 e. The predicted octanol–water partition coefficient (Wildman–Crippen LogP) is -8.18. The van der Waals surface area contributed by atoms with E-state index in [1.165, 1.54) is 0 Å². The summed E-state index contributed by atoms with van der Waals surface area (Å²) in [4.78, 5) is 4.81. The molecular weight excluding hydrogens is 608 g/mol. The van der Waals surface area contributed by atoms with Gasteiger partial charge in [-0.05, 0) is 19.3 Å². The zero-order valence-corrected chi connectivity index (χ0v) is 24.7. The molecule has 45 heavy (non-hydrogen) atoms. The van der Waals surface area contributed by atoms with E-state index in [0.717, 1.165) is 0 Å². The highest BCUT2D eigenvalue weighted by molar-refractivity contribution is 5.00. The first kappa shape index (κ1) is 37.0. The average Bonchev–Trinajstić information content (AvgIpc) is 3.01. The summed E-state index contributed by atoms with van der Waals surface area (Å²) in [5.41, 5.74) is 30.7. The van der Waals surface area contributed by atoms with Crippen molar-refractivity contribution in [2.75, 3.05) is 20.0 Å². The Labute approximate surface area is 259 Å². The van der Waals surface area contributed by atoms with Crippen molar-refractivity contribution in [2.45, 2.75) is 135 Å². The molecule has 20 nitrogen and oxygen atoms in total. The van der Waals surface area contributed by atoms with E-state index in [1.807, 2.05) is 0 Å². The number of aliphatic hydroxyl groups excluding tert-OH is 7. The number of aliphatic hydroxyl groups is 7. The second-order valence-electron chi connectivity index (χ2n) is 12.1. The van der Waals surface area contributed by atoms with Crippen LogP contribution in [0.3, 0.4) is 0 Å². The summed E-state index contributed by atoms with van der Waals surface area (Å²) in [7, 11) is 0. The summed E-state index contributed by atoms with van der Waals surface area (Å²) in [5.74, 6) is 5.28. The maximum Gasteiger partial charge on any atom is 0.176 e. The topological polar surface area (TPSA) is 362 Å². The van der Waals surface area contributed by atoms with Crippen LogP contribution < -0.4 is 34.6 Å². The van der Waals surface area contributed by atoms with E-state index in [9.17, 15) is 35.7 Å². The van der Waals surface area contributed by atoms with Crippen LogP contribution in [0.25, 0.3) is 0 Å². The molecule has 0 aromatic carbocycles. The van der Waals surface area contributed by atoms with Crippen molar-refractivity contribution in [3.05, 3.63) is 0 Å². The van der Waals surface area contributed by atoms with Gasteiger partial charge in [0.15, 0.2) is 12.6 Å². The van der Waals surface area contributed by atoms with Gasteiger partial charge in [-0.3, -0.25) is 4.84 Å². The van der Waals surface area contributed by atoms with Gasteiger partial charge in [0.25, 0.3) is 0 Å². The van der Waals surface area contributed by atoms with Gasteiger partial charge in [0.1, 0.15) is 73.9 Å². The van der Waals surface area contributed by atoms with Crippen LogP contribution in [0.2, 0.25) is 0 Å². The van der Waals surface area contributed by atoms with Crippen LogP contribution in [0.5, 0.6) is 0 Å². The SMILES string of the molecule is NOC1CCC(N)[C@@H](O[C@H]2OC(CO)[C@@H](O)C(OCOC3C(N)[C@H](O[C@H]4C(N)C[C@H](N)C(O)C4O)OC(CO)[C@@H]3O)C2N)C1O. The molecule has 264 valence electrons. The van der Waals surface area contributed by atoms with E-state index in [-0.39, 0.29) is 6.42 Å². The summed E-state index contributed by atoms with van der Waals surface area (Å²) >= 11 is 0. The number of ether oxygens (including phenoxy) is 6. The number of nitrogens with two attached hydrogens (primary N) is 6. The van der Waals surface area contributed by atoms with Crippen LogP contribution in [0.1, 0.15) is 19.3 Å². The summed E-state index contributed by atoms with van der Waals surface area (Å²) in [6.07, 6.45) is -16.5. The Morgan fingerprint density at radius 3 is 1.53 bits per heavy atom. The summed E-state index contributed by atoms with van der Waals surface area (Å²) < 4.78 is 34.5. The van der Waals surface area contributed by atoms with Crippen molar-refractivity contribution in [3.8, 4) is 0 Å². The van der Waals surface area contributed by atoms with Crippen molar-refractivity contribution >= 4 is 0 Å². The first-order chi connectivity index (χ1) is 21.3. The van der Waals surface area contributed by atoms with Crippen molar-refractivity contribution in [3.63, 3.8) is 0 Å². The fourth-order valence-corrected chi connectivity index (χ4v) is 6.31. The normalized spacial score (nSPS) is 51.3. The molecular formula is C25H50N6O14. The van der Waals surface area contributed by atoms with Crippen LogP contribution in [-0.4, -0.2) is 172 Å². The maximum atomic E-state index is 10.8. The Hall–Kier alpha value is -0.800. The van der Waals surface area contributed by atoms with Crippen LogP contribution in [0.4, 0.5) is 0 Å². The quantitative estimate of drug-likeness (QED) is 0.0723. The molecule has 4 aliphatic rings. The molecule has 0 radical (unpaired) electrons. The molecule has 0 amide bonds. The molecule has 2 aliphatic heterocycles. The zero-order valence-electron chi connectivity index (χ0n) is 24.7. The second kappa shape index (κ2) is 16.1. The Morgan fingerprint density at radius 2 is 1.07 bits per heavy atom. The number of hydrogen-bond acceptors (Lipinski definition) is 20. The zero-order chi connectivity index (χ0) is 33.2. The van der Waals surface area contributed by atoms with Gasteiger partial charge in [-0.25, -0.2) is 5.90 Å². The van der Waals surface area contributed by atoms with Gasteiger partial charge in [-0.15, -0.1) is 0 Å². The summed E-state index contributed by atoms with van der Waals surface area (Å²) in [6.45, 7) is -1.92. The molecule has 0 aromatic rings. The Kier molecular flexibility index (Phi) is 13.2. The van der Waals surface area contributed by atoms with Crippen molar-refractivity contribution < 1.29 is 69.0 Å². The molecule has 4 fully saturated rings. The molecule has 0 spiro atoms. The molecule has 2 saturated carbocycles. The van der Waals surface area contributed by atoms with Gasteiger partial charge in [-0.1, -0.05) is 0 Å². The van der Waals surface area contributed by atoms with Gasteiger partial charge >= 0.3 is 0 Å². The highest BCUT2D eigenvalue weighted by Gasteiger charge is 2.51. The third kappa shape index (κ3) is 7.92. The van der Waals surface area contributed by atoms with E-state index in [2.05, 4.69) is 0 Å². The predicted molar refractivity (Wildman–Crippen MR) is 149 cm³/mol. The lowest BCUT2D eigenvalue weighted by Crippen LogP contribution is -2.68. The molecule has 4 rings (SSSR count). The average molecular weight is 659 g/mol. The lowest BCUT2D eigenvalue weighted by Gasteiger charge is -2.47. The lowest BCUT2D eigenvalue weighted by molar-refractivity contribution is -0.320. The largest absolute Gasteiger partial charge is 0.394 e.